The average Bonchev–Trinajstić information content (AvgIpc) is 2.21. The van der Waals surface area contributed by atoms with Crippen molar-refractivity contribution in [2.75, 3.05) is 27.2 Å². The van der Waals surface area contributed by atoms with Gasteiger partial charge in [-0.25, -0.2) is 0 Å². The summed E-state index contributed by atoms with van der Waals surface area (Å²) in [6.07, 6.45) is 1.94. The molecule has 1 unspecified atom stereocenters. The van der Waals surface area contributed by atoms with Crippen LogP contribution in [0.2, 0.25) is 0 Å². The Bertz CT molecular complexity index is 236. The minimum atomic E-state index is 0. The number of guanidine groups is 1. The van der Waals surface area contributed by atoms with Crippen LogP contribution < -0.4 is 10.6 Å². The molecule has 0 aromatic heterocycles. The van der Waals surface area contributed by atoms with Gasteiger partial charge in [0, 0.05) is 27.2 Å². The molecule has 0 aliphatic rings. The van der Waals surface area contributed by atoms with Gasteiger partial charge in [0.15, 0.2) is 5.96 Å². The van der Waals surface area contributed by atoms with E-state index in [0.29, 0.717) is 6.54 Å². The van der Waals surface area contributed by atoms with Crippen molar-refractivity contribution in [1.82, 2.24) is 10.6 Å². The second kappa shape index (κ2) is 9.70. The fraction of sp³-hybridized carbons (Fsp3) is 0.750. The van der Waals surface area contributed by atoms with Crippen molar-refractivity contribution in [1.29, 1.82) is 0 Å². The largest absolute Gasteiger partial charge is 0.379 e. The smallest absolute Gasteiger partial charge is 0.191 e. The molecule has 2 N–H and O–H groups in total. The van der Waals surface area contributed by atoms with Crippen molar-refractivity contribution in [3.63, 3.8) is 0 Å². The quantitative estimate of drug-likeness (QED) is 0.343. The van der Waals surface area contributed by atoms with E-state index in [0.717, 1.165) is 12.5 Å². The van der Waals surface area contributed by atoms with E-state index in [9.17, 15) is 0 Å². The molecule has 0 saturated carbocycles. The number of nitrogens with one attached hydrogen (secondary N) is 2. The van der Waals surface area contributed by atoms with E-state index in [-0.39, 0.29) is 35.5 Å². The molecule has 0 saturated heterocycles. The van der Waals surface area contributed by atoms with Crippen LogP contribution in [0.1, 0.15) is 20.8 Å². The van der Waals surface area contributed by atoms with Gasteiger partial charge >= 0.3 is 0 Å². The summed E-state index contributed by atoms with van der Waals surface area (Å²) >= 11 is 0. The predicted molar refractivity (Wildman–Crippen MR) is 85.2 cm³/mol. The molecule has 4 nitrogen and oxygen atoms in total. The Hall–Kier alpha value is -0.300. The molecule has 0 fully saturated rings. The highest BCUT2D eigenvalue weighted by molar-refractivity contribution is 14.0. The average molecular weight is 355 g/mol. The fourth-order valence-electron chi connectivity index (χ4n) is 1.32. The number of nitrogens with zero attached hydrogens (tertiary/aromatic N) is 1. The van der Waals surface area contributed by atoms with Crippen molar-refractivity contribution in [2.24, 2.45) is 10.4 Å². The number of methoxy groups -OCH3 is 1. The molecule has 5 heteroatoms. The molecule has 102 valence electrons. The van der Waals surface area contributed by atoms with E-state index in [1.54, 1.807) is 20.2 Å². The topological polar surface area (TPSA) is 45.7 Å². The molecule has 0 aromatic carbocycles. The molecule has 0 spiro atoms. The summed E-state index contributed by atoms with van der Waals surface area (Å²) in [6, 6.07) is 0. The zero-order chi connectivity index (χ0) is 12.6. The SMILES string of the molecule is C=CCNC(=NC)NCC(OC)C(C)(C)C.I. The zero-order valence-electron chi connectivity index (χ0n) is 11.5. The first kappa shape index (κ1) is 19.0. The van der Waals surface area contributed by atoms with Crippen LogP contribution in [0.25, 0.3) is 0 Å². The number of hydrogen-bond acceptors (Lipinski definition) is 2. The Labute approximate surface area is 122 Å². The highest BCUT2D eigenvalue weighted by Crippen LogP contribution is 2.20. The number of ether oxygens (including phenoxy) is 1. The van der Waals surface area contributed by atoms with E-state index in [2.05, 4.69) is 43.0 Å². The predicted octanol–water partition coefficient (Wildman–Crippen LogP) is 2.02. The third kappa shape index (κ3) is 8.43. The summed E-state index contributed by atoms with van der Waals surface area (Å²) in [5.74, 6) is 0.770. The second-order valence-electron chi connectivity index (χ2n) is 4.71. The Balaban J connectivity index is 0. The van der Waals surface area contributed by atoms with E-state index in [1.165, 1.54) is 0 Å². The molecular weight excluding hydrogens is 329 g/mol. The Morgan fingerprint density at radius 3 is 2.35 bits per heavy atom. The van der Waals surface area contributed by atoms with Gasteiger partial charge in [0.05, 0.1) is 6.10 Å². The van der Waals surface area contributed by atoms with Crippen molar-refractivity contribution in [2.45, 2.75) is 26.9 Å². The van der Waals surface area contributed by atoms with Crippen LogP contribution in [0.15, 0.2) is 17.6 Å². The number of hydrogen-bond donors (Lipinski definition) is 2. The molecular formula is C12H26IN3O. The molecule has 0 aromatic rings. The van der Waals surface area contributed by atoms with Crippen LogP contribution in [0.4, 0.5) is 0 Å². The monoisotopic (exact) mass is 355 g/mol. The Kier molecular flexibility index (Phi) is 10.9. The lowest BCUT2D eigenvalue weighted by atomic mass is 9.89. The number of halogens is 1. The van der Waals surface area contributed by atoms with Crippen molar-refractivity contribution in [3.05, 3.63) is 12.7 Å². The lowest BCUT2D eigenvalue weighted by Crippen LogP contribution is -2.45. The molecule has 0 radical (unpaired) electrons. The number of aliphatic imine (C=N–C) groups is 1. The Morgan fingerprint density at radius 2 is 2.00 bits per heavy atom. The molecule has 1 atom stereocenters. The first-order chi connectivity index (χ1) is 7.45. The van der Waals surface area contributed by atoms with Crippen LogP contribution in [0.5, 0.6) is 0 Å². The summed E-state index contributed by atoms with van der Waals surface area (Å²) in [5, 5.41) is 6.34. The van der Waals surface area contributed by atoms with Gasteiger partial charge in [-0.15, -0.1) is 30.6 Å². The third-order valence-corrected chi connectivity index (χ3v) is 2.34. The standard InChI is InChI=1S/C12H25N3O.HI/c1-7-8-14-11(13-5)15-9-10(16-6)12(2,3)4;/h7,10H,1,8-9H2,2-6H3,(H2,13,14,15);1H. The molecule has 0 aliphatic carbocycles. The first-order valence-electron chi connectivity index (χ1n) is 5.54. The zero-order valence-corrected chi connectivity index (χ0v) is 13.9. The number of rotatable bonds is 5. The lowest BCUT2D eigenvalue weighted by Gasteiger charge is -2.29. The molecule has 0 heterocycles. The fourth-order valence-corrected chi connectivity index (χ4v) is 1.32. The third-order valence-electron chi connectivity index (χ3n) is 2.34. The summed E-state index contributed by atoms with van der Waals surface area (Å²) in [4.78, 5) is 4.10. The first-order valence-corrected chi connectivity index (χ1v) is 5.54. The highest BCUT2D eigenvalue weighted by atomic mass is 127. The van der Waals surface area contributed by atoms with Gasteiger partial charge in [-0.05, 0) is 5.41 Å². The molecule has 17 heavy (non-hydrogen) atoms. The van der Waals surface area contributed by atoms with Crippen LogP contribution in [0.3, 0.4) is 0 Å². The van der Waals surface area contributed by atoms with Gasteiger partial charge in [0.2, 0.25) is 0 Å². The van der Waals surface area contributed by atoms with Crippen molar-refractivity contribution < 1.29 is 4.74 Å². The van der Waals surface area contributed by atoms with Gasteiger partial charge in [-0.3, -0.25) is 4.99 Å². The van der Waals surface area contributed by atoms with Gasteiger partial charge in [0.25, 0.3) is 0 Å². The maximum absolute atomic E-state index is 5.45. The minimum Gasteiger partial charge on any atom is -0.379 e. The van der Waals surface area contributed by atoms with E-state index < -0.39 is 0 Å². The van der Waals surface area contributed by atoms with E-state index in [1.807, 2.05) is 0 Å². The van der Waals surface area contributed by atoms with Crippen LogP contribution in [-0.4, -0.2) is 39.3 Å². The van der Waals surface area contributed by atoms with E-state index in [4.69, 9.17) is 4.74 Å². The van der Waals surface area contributed by atoms with Crippen molar-refractivity contribution in [3.8, 4) is 0 Å². The van der Waals surface area contributed by atoms with Gasteiger partial charge in [-0.2, -0.15) is 0 Å². The molecule has 0 aliphatic heterocycles. The van der Waals surface area contributed by atoms with E-state index >= 15 is 0 Å². The van der Waals surface area contributed by atoms with Crippen molar-refractivity contribution >= 4 is 29.9 Å². The van der Waals surface area contributed by atoms with Crippen LogP contribution in [-0.2, 0) is 4.74 Å². The summed E-state index contributed by atoms with van der Waals surface area (Å²) < 4.78 is 5.45. The normalized spacial score (nSPS) is 13.6. The van der Waals surface area contributed by atoms with Crippen LogP contribution >= 0.6 is 24.0 Å². The molecule has 0 amide bonds. The van der Waals surface area contributed by atoms with Gasteiger partial charge < -0.3 is 15.4 Å². The maximum Gasteiger partial charge on any atom is 0.191 e. The molecule has 0 bridgehead atoms. The van der Waals surface area contributed by atoms with Gasteiger partial charge in [-0.1, -0.05) is 26.8 Å². The summed E-state index contributed by atoms with van der Waals surface area (Å²) in [6.45, 7) is 11.5. The lowest BCUT2D eigenvalue weighted by molar-refractivity contribution is 0.0205. The minimum absolute atomic E-state index is 0. The van der Waals surface area contributed by atoms with Gasteiger partial charge in [0.1, 0.15) is 0 Å². The summed E-state index contributed by atoms with van der Waals surface area (Å²) in [5.41, 5.74) is 0.110. The highest BCUT2D eigenvalue weighted by Gasteiger charge is 2.24. The second-order valence-corrected chi connectivity index (χ2v) is 4.71. The Morgan fingerprint density at radius 1 is 1.41 bits per heavy atom. The summed E-state index contributed by atoms with van der Waals surface area (Å²) in [7, 11) is 3.48. The van der Waals surface area contributed by atoms with Crippen LogP contribution in [0, 0.1) is 5.41 Å². The maximum atomic E-state index is 5.45. The molecule has 0 rings (SSSR count).